The molecule has 5 aliphatic carbocycles. The first-order chi connectivity index (χ1) is 22.2. The lowest BCUT2D eigenvalue weighted by Crippen LogP contribution is -2.59. The molecular formula is C36H51IN2O7. The van der Waals surface area contributed by atoms with Crippen LogP contribution < -0.4 is 14.8 Å². The third-order valence-electron chi connectivity index (χ3n) is 10.7. The summed E-state index contributed by atoms with van der Waals surface area (Å²) in [5.74, 6) is 2.54. The van der Waals surface area contributed by atoms with Crippen molar-refractivity contribution in [2.24, 2.45) is 23.2 Å². The van der Waals surface area contributed by atoms with Crippen molar-refractivity contribution in [2.45, 2.75) is 109 Å². The van der Waals surface area contributed by atoms with Gasteiger partial charge in [-0.15, -0.1) is 0 Å². The number of nitrogens with one attached hydrogen (secondary N) is 1. The van der Waals surface area contributed by atoms with E-state index in [4.69, 9.17) is 9.47 Å². The molecule has 5 aliphatic rings. The van der Waals surface area contributed by atoms with Crippen LogP contribution in [-0.4, -0.2) is 78.3 Å². The van der Waals surface area contributed by atoms with Crippen molar-refractivity contribution in [3.8, 4) is 11.5 Å². The monoisotopic (exact) mass is 750 g/mol. The van der Waals surface area contributed by atoms with E-state index in [1.807, 2.05) is 4.90 Å². The molecule has 0 radical (unpaired) electrons. The van der Waals surface area contributed by atoms with Gasteiger partial charge < -0.3 is 29.9 Å². The standard InChI is InChI=1S/C36H51IN2O7/c1-3-4-5-6-7-8-32(42)39(22-36-18-23-11-24(19-36)13-25(12-23)20-36)29-16-27(35(44)38-9-10-40)17-30(33(29)43)46-34-28(37)14-26(21-41)15-31(34)45-2/h14-15,17,21,23-25,29-30,33,40,43H,3-13,16,18-20,22H2,1-2H3,(H,38,44)/t23?,24?,25?,29-,30+,33+,36?/m1/s1. The first-order valence-electron chi connectivity index (χ1n) is 17.3. The Hall–Kier alpha value is -2.18. The van der Waals surface area contributed by atoms with Gasteiger partial charge in [0, 0.05) is 37.1 Å². The topological polar surface area (TPSA) is 125 Å². The zero-order valence-corrected chi connectivity index (χ0v) is 29.5. The van der Waals surface area contributed by atoms with Gasteiger partial charge in [0.25, 0.3) is 0 Å². The summed E-state index contributed by atoms with van der Waals surface area (Å²) < 4.78 is 12.6. The van der Waals surface area contributed by atoms with E-state index in [0.29, 0.717) is 56.9 Å². The Balaban J connectivity index is 1.46. The quantitative estimate of drug-likeness (QED) is 0.117. The molecule has 0 heterocycles. The molecule has 0 aliphatic heterocycles. The van der Waals surface area contributed by atoms with Gasteiger partial charge in [0.05, 0.1) is 23.3 Å². The number of carbonyl (C=O) groups excluding carboxylic acids is 3. The van der Waals surface area contributed by atoms with Crippen molar-refractivity contribution in [1.82, 2.24) is 10.2 Å². The highest BCUT2D eigenvalue weighted by Crippen LogP contribution is 2.60. The number of nitrogens with zero attached hydrogens (tertiary/aromatic N) is 1. The molecule has 254 valence electrons. The summed E-state index contributed by atoms with van der Waals surface area (Å²) in [7, 11) is 1.49. The molecule has 4 saturated carbocycles. The van der Waals surface area contributed by atoms with Crippen LogP contribution in [0.2, 0.25) is 0 Å². The summed E-state index contributed by atoms with van der Waals surface area (Å²) in [5, 5.41) is 24.2. The van der Waals surface area contributed by atoms with Crippen molar-refractivity contribution in [3.63, 3.8) is 0 Å². The molecule has 46 heavy (non-hydrogen) atoms. The third-order valence-corrected chi connectivity index (χ3v) is 11.5. The molecule has 0 unspecified atom stereocenters. The second kappa shape index (κ2) is 15.8. The first-order valence-corrected chi connectivity index (χ1v) is 18.3. The van der Waals surface area contributed by atoms with Crippen LogP contribution in [0.25, 0.3) is 0 Å². The van der Waals surface area contributed by atoms with Gasteiger partial charge in [0.2, 0.25) is 11.8 Å². The Morgan fingerprint density at radius 3 is 2.37 bits per heavy atom. The number of benzene rings is 1. The fourth-order valence-corrected chi connectivity index (χ4v) is 9.85. The minimum absolute atomic E-state index is 0.0366. The normalized spacial score (nSPS) is 29.6. The van der Waals surface area contributed by atoms with Crippen LogP contribution in [0.15, 0.2) is 23.8 Å². The molecule has 1 aromatic carbocycles. The van der Waals surface area contributed by atoms with E-state index in [0.717, 1.165) is 57.7 Å². The highest BCUT2D eigenvalue weighted by atomic mass is 127. The number of rotatable bonds is 16. The maximum Gasteiger partial charge on any atom is 0.247 e. The fourth-order valence-electron chi connectivity index (χ4n) is 9.10. The number of aliphatic hydroxyl groups is 2. The maximum atomic E-state index is 14.3. The van der Waals surface area contributed by atoms with E-state index in [2.05, 4.69) is 34.8 Å². The van der Waals surface area contributed by atoms with E-state index in [-0.39, 0.29) is 36.8 Å². The summed E-state index contributed by atoms with van der Waals surface area (Å²) >= 11 is 2.07. The molecule has 6 rings (SSSR count). The number of halogens is 1. The third kappa shape index (κ3) is 8.09. The number of hydrogen-bond donors (Lipinski definition) is 3. The summed E-state index contributed by atoms with van der Waals surface area (Å²) in [4.78, 5) is 41.0. The molecule has 10 heteroatoms. The Bertz CT molecular complexity index is 1250. The lowest BCUT2D eigenvalue weighted by Gasteiger charge is -2.58. The average molecular weight is 751 g/mol. The van der Waals surface area contributed by atoms with Crippen molar-refractivity contribution in [3.05, 3.63) is 32.9 Å². The number of hydrogen-bond acceptors (Lipinski definition) is 7. The fraction of sp³-hybridized carbons (Fsp3) is 0.694. The Morgan fingerprint density at radius 2 is 1.76 bits per heavy atom. The molecule has 2 amide bonds. The Morgan fingerprint density at radius 1 is 1.09 bits per heavy atom. The molecule has 1 aromatic rings. The molecule has 4 fully saturated rings. The minimum atomic E-state index is -1.10. The Kier molecular flexibility index (Phi) is 12.1. The molecule has 0 aromatic heterocycles. The van der Waals surface area contributed by atoms with Crippen molar-refractivity contribution in [2.75, 3.05) is 26.8 Å². The lowest BCUT2D eigenvalue weighted by atomic mass is 9.49. The number of methoxy groups -OCH3 is 1. The maximum absolute atomic E-state index is 14.3. The van der Waals surface area contributed by atoms with E-state index in [1.165, 1.54) is 26.4 Å². The number of amides is 2. The SMILES string of the molecule is CCCCCCCC(=O)N(CC12CC3CC(CC(C3)C1)C2)[C@@H]1CC(C(=O)NCCO)=C[C@H](Oc2c(I)cc(C=O)cc2OC)[C@H]1O. The van der Waals surface area contributed by atoms with Crippen LogP contribution >= 0.6 is 22.6 Å². The number of carbonyl (C=O) groups is 3. The zero-order valence-electron chi connectivity index (χ0n) is 27.3. The van der Waals surface area contributed by atoms with E-state index in [9.17, 15) is 24.6 Å². The largest absolute Gasteiger partial charge is 0.493 e. The summed E-state index contributed by atoms with van der Waals surface area (Å²) in [5.41, 5.74) is 0.895. The smallest absolute Gasteiger partial charge is 0.247 e. The van der Waals surface area contributed by atoms with Crippen LogP contribution in [0.1, 0.15) is 101 Å². The van der Waals surface area contributed by atoms with Crippen LogP contribution in [0.5, 0.6) is 11.5 Å². The summed E-state index contributed by atoms with van der Waals surface area (Å²) in [6.45, 7) is 2.68. The first kappa shape index (κ1) is 35.1. The van der Waals surface area contributed by atoms with Gasteiger partial charge in [-0.05, 0) is 109 Å². The number of ether oxygens (including phenoxy) is 2. The zero-order chi connectivity index (χ0) is 32.8. The number of unbranched alkanes of at least 4 members (excludes halogenated alkanes) is 4. The van der Waals surface area contributed by atoms with Crippen LogP contribution in [-0.2, 0) is 9.59 Å². The second-order valence-corrected chi connectivity index (χ2v) is 15.4. The van der Waals surface area contributed by atoms with Crippen molar-refractivity contribution >= 4 is 40.7 Å². The van der Waals surface area contributed by atoms with Crippen LogP contribution in [0, 0.1) is 26.7 Å². The predicted molar refractivity (Wildman–Crippen MR) is 184 cm³/mol. The van der Waals surface area contributed by atoms with Gasteiger partial charge in [-0.3, -0.25) is 14.4 Å². The molecule has 0 saturated heterocycles. The highest BCUT2D eigenvalue weighted by molar-refractivity contribution is 14.1. The summed E-state index contributed by atoms with van der Waals surface area (Å²) in [6, 6.07) is 2.61. The highest BCUT2D eigenvalue weighted by Gasteiger charge is 2.53. The number of aldehydes is 1. The average Bonchev–Trinajstić information content (AvgIpc) is 3.03. The van der Waals surface area contributed by atoms with E-state index in [1.54, 1.807) is 18.2 Å². The number of aliphatic hydroxyl groups excluding tert-OH is 2. The van der Waals surface area contributed by atoms with Crippen molar-refractivity contribution in [1.29, 1.82) is 0 Å². The van der Waals surface area contributed by atoms with Gasteiger partial charge in [0.15, 0.2) is 11.5 Å². The van der Waals surface area contributed by atoms with Crippen LogP contribution in [0.4, 0.5) is 0 Å². The van der Waals surface area contributed by atoms with Gasteiger partial charge in [-0.1, -0.05) is 32.6 Å². The molecule has 3 atom stereocenters. The van der Waals surface area contributed by atoms with Gasteiger partial charge in [-0.25, -0.2) is 0 Å². The van der Waals surface area contributed by atoms with Gasteiger partial charge in [0.1, 0.15) is 18.5 Å². The molecule has 0 spiro atoms. The second-order valence-electron chi connectivity index (χ2n) is 14.3. The molecule has 4 bridgehead atoms. The lowest BCUT2D eigenvalue weighted by molar-refractivity contribution is -0.147. The van der Waals surface area contributed by atoms with Crippen molar-refractivity contribution < 1.29 is 34.1 Å². The summed E-state index contributed by atoms with van der Waals surface area (Å²) in [6.07, 6.45) is 13.4. The predicted octanol–water partition coefficient (Wildman–Crippen LogP) is 5.43. The van der Waals surface area contributed by atoms with Gasteiger partial charge >= 0.3 is 0 Å². The van der Waals surface area contributed by atoms with Crippen LogP contribution in [0.3, 0.4) is 0 Å². The molecular weight excluding hydrogens is 699 g/mol. The molecule has 3 N–H and O–H groups in total. The van der Waals surface area contributed by atoms with Gasteiger partial charge in [-0.2, -0.15) is 0 Å². The minimum Gasteiger partial charge on any atom is -0.493 e. The molecule has 9 nitrogen and oxygen atoms in total. The van der Waals surface area contributed by atoms with E-state index < -0.39 is 18.2 Å². The Labute approximate surface area is 287 Å². The van der Waals surface area contributed by atoms with E-state index >= 15 is 0 Å².